The number of carboxylic acid groups (broad SMARTS) is 1. The Bertz CT molecular complexity index is 3050. The summed E-state index contributed by atoms with van der Waals surface area (Å²) in [5, 5.41) is 21.4. The van der Waals surface area contributed by atoms with Crippen LogP contribution in [0.15, 0.2) is 109 Å². The monoisotopic (exact) mass is 1120 g/mol. The van der Waals surface area contributed by atoms with Crippen LogP contribution in [0.3, 0.4) is 0 Å². The molecule has 0 fully saturated rings. The van der Waals surface area contributed by atoms with Crippen LogP contribution < -0.4 is 26.2 Å². The number of hydrogen-bond acceptors (Lipinski definition) is 10. The van der Waals surface area contributed by atoms with Crippen molar-refractivity contribution < 1.29 is 48.2 Å². The van der Waals surface area contributed by atoms with Gasteiger partial charge in [-0.1, -0.05) is 154 Å². The highest BCUT2D eigenvalue weighted by atomic mass is 16.5. The van der Waals surface area contributed by atoms with E-state index in [-0.39, 0.29) is 79.1 Å². The summed E-state index contributed by atoms with van der Waals surface area (Å²) < 4.78 is 5.65. The van der Waals surface area contributed by atoms with Crippen LogP contribution in [0.5, 0.6) is 0 Å². The number of carbonyl (C=O) groups is 8. The van der Waals surface area contributed by atoms with Gasteiger partial charge in [0.25, 0.3) is 0 Å². The Morgan fingerprint density at radius 1 is 0.744 bits per heavy atom. The number of aliphatic carboxylic acids is 1. The zero-order valence-corrected chi connectivity index (χ0v) is 50.0. The predicted octanol–water partition coefficient (Wildman–Crippen LogP) is 9.06. The summed E-state index contributed by atoms with van der Waals surface area (Å²) in [4.78, 5) is 110. The van der Waals surface area contributed by atoms with Crippen molar-refractivity contribution in [2.75, 3.05) is 24.3 Å². The molecule has 1 aliphatic rings. The first-order valence-corrected chi connectivity index (χ1v) is 28.2. The number of unbranched alkanes of at least 4 members (excludes halogenated alkanes) is 1. The normalized spacial score (nSPS) is 14.2. The molecule has 0 saturated carbocycles. The third kappa shape index (κ3) is 17.8. The number of amides is 5. The summed E-state index contributed by atoms with van der Waals surface area (Å²) in [5.74, 6) is 2.09. The zero-order chi connectivity index (χ0) is 60.6. The Balaban J connectivity index is 1.08. The van der Waals surface area contributed by atoms with Gasteiger partial charge in [-0.3, -0.25) is 33.6 Å². The summed E-state index contributed by atoms with van der Waals surface area (Å²) >= 11 is 0. The van der Waals surface area contributed by atoms with Crippen LogP contribution in [0.4, 0.5) is 11.4 Å². The number of nitrogens with one attached hydrogen (secondary N) is 4. The molecule has 4 aromatic carbocycles. The molecule has 1 aliphatic heterocycles. The van der Waals surface area contributed by atoms with E-state index >= 15 is 0 Å². The van der Waals surface area contributed by atoms with Gasteiger partial charge in [-0.25, -0.2) is 4.79 Å². The molecule has 0 bridgehead atoms. The van der Waals surface area contributed by atoms with Crippen LogP contribution >= 0.6 is 0 Å². The highest BCUT2D eigenvalue weighted by Gasteiger charge is 2.42. The Kier molecular flexibility index (Phi) is 23.1. The average molecular weight is 1120 g/mol. The molecule has 0 aromatic heterocycles. The molecule has 0 spiro atoms. The quantitative estimate of drug-likeness (QED) is 0.0173. The molecule has 5 N–H and O–H groups in total. The van der Waals surface area contributed by atoms with Crippen LogP contribution in [0, 0.1) is 35.0 Å². The van der Waals surface area contributed by atoms with Gasteiger partial charge < -0.3 is 40.9 Å². The first-order chi connectivity index (χ1) is 38.6. The van der Waals surface area contributed by atoms with E-state index in [1.807, 2.05) is 129 Å². The van der Waals surface area contributed by atoms with Gasteiger partial charge >= 0.3 is 11.9 Å². The fourth-order valence-electron chi connectivity index (χ4n) is 9.99. The molecule has 0 aliphatic carbocycles. The maximum Gasteiger partial charge on any atom is 0.331 e. The number of carboxylic acids is 1. The first-order valence-electron chi connectivity index (χ1n) is 28.2. The van der Waals surface area contributed by atoms with Crippen molar-refractivity contribution >= 4 is 58.6 Å². The second-order valence-electron chi connectivity index (χ2n) is 23.8. The van der Waals surface area contributed by atoms with Crippen LogP contribution in [0.2, 0.25) is 0 Å². The number of ketones is 1. The molecule has 0 radical (unpaired) electrons. The molecule has 16 nitrogen and oxygen atoms in total. The third-order valence-corrected chi connectivity index (χ3v) is 15.1. The highest BCUT2D eigenvalue weighted by molar-refractivity contribution is 5.98. The van der Waals surface area contributed by atoms with E-state index in [1.54, 1.807) is 62.3 Å². The lowest BCUT2D eigenvalue weighted by Gasteiger charge is -2.40. The molecule has 5 atom stereocenters. The van der Waals surface area contributed by atoms with Gasteiger partial charge in [-0.2, -0.15) is 0 Å². The number of hydrogen-bond donors (Lipinski definition) is 5. The Morgan fingerprint density at radius 3 is 2.01 bits per heavy atom. The topological polar surface area (TPSA) is 221 Å². The zero-order valence-electron chi connectivity index (χ0n) is 50.0. The maximum absolute atomic E-state index is 14.2. The van der Waals surface area contributed by atoms with E-state index in [4.69, 9.17) is 4.74 Å². The lowest BCUT2D eigenvalue weighted by Crippen LogP contribution is -2.61. The minimum atomic E-state index is -1.08. The Morgan fingerprint density at radius 2 is 1.38 bits per heavy atom. The Hall–Kier alpha value is -7.90. The number of anilines is 2. The lowest BCUT2D eigenvalue weighted by molar-refractivity contribution is -0.144. The number of ether oxygens (including phenoxy) is 1. The van der Waals surface area contributed by atoms with Gasteiger partial charge in [0.05, 0.1) is 36.8 Å². The van der Waals surface area contributed by atoms with Crippen molar-refractivity contribution in [3.8, 4) is 11.8 Å². The van der Waals surface area contributed by atoms with E-state index in [0.717, 1.165) is 27.9 Å². The summed E-state index contributed by atoms with van der Waals surface area (Å²) in [7, 11) is 3.29. The molecular formula is C66H84N6O10. The summed E-state index contributed by atoms with van der Waals surface area (Å²) in [6, 6.07) is 26.5. The first kappa shape index (κ1) is 64.9. The number of para-hydroxylation sites is 1. The number of nitrogens with zero attached hydrogens (tertiary/aromatic N) is 2. The second-order valence-corrected chi connectivity index (χ2v) is 23.8. The van der Waals surface area contributed by atoms with Crippen LogP contribution in [0.25, 0.3) is 0 Å². The minimum absolute atomic E-state index is 0.0269. The van der Waals surface area contributed by atoms with Crippen molar-refractivity contribution in [1.29, 1.82) is 0 Å². The molecule has 16 heteroatoms. The molecule has 82 heavy (non-hydrogen) atoms. The predicted molar refractivity (Wildman–Crippen MR) is 319 cm³/mol. The number of esters is 1. The van der Waals surface area contributed by atoms with Crippen molar-refractivity contribution in [3.05, 3.63) is 142 Å². The number of likely N-dealkylation sites (N-methyl/N-ethyl adjacent to an activating group) is 2. The van der Waals surface area contributed by atoms with Crippen LogP contribution in [-0.4, -0.2) is 95.5 Å². The van der Waals surface area contributed by atoms with E-state index < -0.39 is 58.8 Å². The largest absolute Gasteiger partial charge is 0.478 e. The SMILES string of the molecule is CNC(C(=O)N[C@H](C(=O)N(C)[C@H](/C=C(\C)C(=O)O)C(C)C)C(C)(C)C)C(C)(C)c1cccc(CC(=O)OCc2ccc(NC(=O)[C@H](C)CC(=O)[C@@H](NC(=O)CCCCC(=O)N3Cc4ccccc4C#Cc4ccccc43)C(C)C)cc2)c1. The number of carbonyl (C=O) groups excluding carboxylic acids is 7. The van der Waals surface area contributed by atoms with Crippen LogP contribution in [0.1, 0.15) is 142 Å². The lowest BCUT2D eigenvalue weighted by atomic mass is 9.76. The molecule has 5 rings (SSSR count). The molecule has 0 saturated heterocycles. The van der Waals surface area contributed by atoms with Crippen molar-refractivity contribution in [1.82, 2.24) is 20.9 Å². The standard InChI is InChI=1S/C66H84N6O10/c1-41(2)53(35-44(6)64(80)81)71(13)63(79)60(65(7,8)9)70-62(78)59(67-12)66(10,11)50-25-20-21-46(37-50)38-57(76)82-40-45-29-33-51(34-30-45)68-61(77)43(5)36-54(73)58(42(3)4)69-55(74)27-18-19-28-56(75)72-39-49-24-15-14-22-47(49)31-32-48-23-16-17-26-52(48)72/h14-17,20-26,29-30,33-35,37,41-43,53,58-60,67H,18-19,27-28,36,38-40H2,1-13H3,(H,68,77)(H,69,74)(H,70,78)(H,80,81)/b44-35+/t43-,53-,58+,59?,60-/m1/s1. The number of fused-ring (bicyclic) bond motifs is 2. The number of rotatable bonds is 26. The highest BCUT2D eigenvalue weighted by Crippen LogP contribution is 2.31. The fraction of sp³-hybridized carbons (Fsp3) is 0.455. The fourth-order valence-corrected chi connectivity index (χ4v) is 9.99. The molecule has 438 valence electrons. The van der Waals surface area contributed by atoms with Crippen molar-refractivity contribution in [2.45, 2.75) is 157 Å². The van der Waals surface area contributed by atoms with Gasteiger partial charge in [-0.05, 0) is 96.6 Å². The van der Waals surface area contributed by atoms with E-state index in [0.29, 0.717) is 36.2 Å². The van der Waals surface area contributed by atoms with E-state index in [9.17, 15) is 43.5 Å². The van der Waals surface area contributed by atoms with Gasteiger partial charge in [0.2, 0.25) is 29.5 Å². The average Bonchev–Trinajstić information content (AvgIpc) is 3.49. The van der Waals surface area contributed by atoms with Gasteiger partial charge in [0.1, 0.15) is 12.6 Å². The van der Waals surface area contributed by atoms with Gasteiger partial charge in [0.15, 0.2) is 5.78 Å². The summed E-state index contributed by atoms with van der Waals surface area (Å²) in [5.41, 5.74) is 4.54. The Labute approximate surface area is 484 Å². The molecule has 5 amide bonds. The maximum atomic E-state index is 14.2. The van der Waals surface area contributed by atoms with Crippen molar-refractivity contribution in [3.63, 3.8) is 0 Å². The van der Waals surface area contributed by atoms with Gasteiger partial charge in [0, 0.05) is 60.0 Å². The smallest absolute Gasteiger partial charge is 0.331 e. The summed E-state index contributed by atoms with van der Waals surface area (Å²) in [6.45, 7) is 20.4. The van der Waals surface area contributed by atoms with Gasteiger partial charge in [-0.15, -0.1) is 0 Å². The minimum Gasteiger partial charge on any atom is -0.478 e. The van der Waals surface area contributed by atoms with E-state index in [1.165, 1.54) is 11.8 Å². The van der Waals surface area contributed by atoms with E-state index in [2.05, 4.69) is 33.1 Å². The summed E-state index contributed by atoms with van der Waals surface area (Å²) in [6.07, 6.45) is 2.72. The molecular weight excluding hydrogens is 1040 g/mol. The molecule has 1 heterocycles. The number of benzene rings is 4. The number of Topliss-reactive ketones (excluding diaryl/α,β-unsaturated/α-hetero) is 1. The van der Waals surface area contributed by atoms with Crippen molar-refractivity contribution in [2.24, 2.45) is 23.2 Å². The molecule has 4 aromatic rings. The van der Waals surface area contributed by atoms with Crippen LogP contribution in [-0.2, 0) is 68.1 Å². The second kappa shape index (κ2) is 29.2. The third-order valence-electron chi connectivity index (χ3n) is 15.1. The molecule has 1 unspecified atom stereocenters.